The van der Waals surface area contributed by atoms with Gasteiger partial charge in [0.25, 0.3) is 5.91 Å². The Balaban J connectivity index is 1.95. The van der Waals surface area contributed by atoms with E-state index in [-0.39, 0.29) is 31.0 Å². The second-order valence-electron chi connectivity index (χ2n) is 6.06. The van der Waals surface area contributed by atoms with Crippen molar-refractivity contribution in [1.29, 1.82) is 0 Å². The van der Waals surface area contributed by atoms with Crippen molar-refractivity contribution in [3.8, 4) is 0 Å². The molecule has 0 aliphatic carbocycles. The first kappa shape index (κ1) is 17.2. The summed E-state index contributed by atoms with van der Waals surface area (Å²) in [5, 5.41) is 2.60. The molecular weight excluding hydrogens is 337 g/mol. The quantitative estimate of drug-likeness (QED) is 0.897. The van der Waals surface area contributed by atoms with Crippen molar-refractivity contribution in [1.82, 2.24) is 19.6 Å². The summed E-state index contributed by atoms with van der Waals surface area (Å²) in [7, 11) is 0. The lowest BCUT2D eigenvalue weighted by Crippen LogP contribution is -2.58. The number of nitrogens with zero attached hydrogens (tertiary/aromatic N) is 3. The van der Waals surface area contributed by atoms with Gasteiger partial charge in [-0.3, -0.25) is 14.0 Å². The number of aromatic nitrogens is 2. The number of amides is 2. The Morgan fingerprint density at radius 1 is 1.28 bits per heavy atom. The Hall–Kier alpha value is -2.58. The first-order chi connectivity index (χ1) is 11.8. The van der Waals surface area contributed by atoms with E-state index >= 15 is 0 Å². The van der Waals surface area contributed by atoms with E-state index in [1.165, 1.54) is 29.8 Å². The molecule has 6 nitrogen and oxygen atoms in total. The SMILES string of the molecule is CC(=O)NC1CCC(C(F)(F)F)N(C(=O)c2cccc3nccn23)C1. The number of pyridine rings is 1. The van der Waals surface area contributed by atoms with Crippen molar-refractivity contribution in [2.45, 2.75) is 38.0 Å². The van der Waals surface area contributed by atoms with Crippen molar-refractivity contribution in [2.75, 3.05) is 6.54 Å². The Bertz CT molecular complexity index is 802. The summed E-state index contributed by atoms with van der Waals surface area (Å²) in [4.78, 5) is 28.9. The number of alkyl halides is 3. The van der Waals surface area contributed by atoms with Gasteiger partial charge in [0.2, 0.25) is 5.91 Å². The molecule has 1 fully saturated rings. The van der Waals surface area contributed by atoms with Crippen molar-refractivity contribution < 1.29 is 22.8 Å². The zero-order chi connectivity index (χ0) is 18.2. The highest BCUT2D eigenvalue weighted by Crippen LogP contribution is 2.33. The molecule has 3 rings (SSSR count). The van der Waals surface area contributed by atoms with Gasteiger partial charge in [0.15, 0.2) is 0 Å². The van der Waals surface area contributed by atoms with Gasteiger partial charge in [0, 0.05) is 31.9 Å². The Morgan fingerprint density at radius 2 is 2.04 bits per heavy atom. The number of carbonyl (C=O) groups excluding carboxylic acids is 2. The molecule has 2 aromatic rings. The molecule has 9 heteroatoms. The molecule has 25 heavy (non-hydrogen) atoms. The third kappa shape index (κ3) is 3.45. The number of piperidine rings is 1. The van der Waals surface area contributed by atoms with E-state index in [1.54, 1.807) is 12.1 Å². The average molecular weight is 354 g/mol. The van der Waals surface area contributed by atoms with E-state index in [0.717, 1.165) is 4.90 Å². The zero-order valence-corrected chi connectivity index (χ0v) is 13.5. The van der Waals surface area contributed by atoms with Gasteiger partial charge in [0.1, 0.15) is 17.4 Å². The fourth-order valence-electron chi connectivity index (χ4n) is 3.21. The molecule has 0 saturated carbocycles. The zero-order valence-electron chi connectivity index (χ0n) is 13.5. The molecule has 2 atom stereocenters. The molecule has 2 unspecified atom stereocenters. The van der Waals surface area contributed by atoms with Crippen LogP contribution >= 0.6 is 0 Å². The lowest BCUT2D eigenvalue weighted by molar-refractivity contribution is -0.184. The number of hydrogen-bond acceptors (Lipinski definition) is 3. The molecule has 1 N–H and O–H groups in total. The molecule has 0 radical (unpaired) electrons. The van der Waals surface area contributed by atoms with Crippen LogP contribution in [0.4, 0.5) is 13.2 Å². The van der Waals surface area contributed by atoms with Gasteiger partial charge < -0.3 is 10.2 Å². The number of halogens is 3. The highest BCUT2D eigenvalue weighted by Gasteiger charge is 2.48. The van der Waals surface area contributed by atoms with E-state index in [9.17, 15) is 22.8 Å². The van der Waals surface area contributed by atoms with Crippen LogP contribution in [0.3, 0.4) is 0 Å². The van der Waals surface area contributed by atoms with Crippen molar-refractivity contribution in [2.24, 2.45) is 0 Å². The fraction of sp³-hybridized carbons (Fsp3) is 0.438. The molecule has 1 saturated heterocycles. The summed E-state index contributed by atoms with van der Waals surface area (Å²) in [5.74, 6) is -1.07. The Morgan fingerprint density at radius 3 is 2.72 bits per heavy atom. The fourth-order valence-corrected chi connectivity index (χ4v) is 3.21. The van der Waals surface area contributed by atoms with Crippen LogP contribution in [-0.4, -0.2) is 50.9 Å². The lowest BCUT2D eigenvalue weighted by Gasteiger charge is -2.40. The standard InChI is InChI=1S/C16H17F3N4O2/c1-10(24)21-11-5-6-13(16(17,18)19)23(9-11)15(25)12-3-2-4-14-20-7-8-22(12)14/h2-4,7-8,11,13H,5-6,9H2,1H3,(H,21,24). The smallest absolute Gasteiger partial charge is 0.352 e. The van der Waals surface area contributed by atoms with Gasteiger partial charge in [-0.15, -0.1) is 0 Å². The Labute approximate surface area is 141 Å². The second-order valence-corrected chi connectivity index (χ2v) is 6.06. The summed E-state index contributed by atoms with van der Waals surface area (Å²) in [6.07, 6.45) is -1.60. The number of hydrogen-bond donors (Lipinski definition) is 1. The maximum Gasteiger partial charge on any atom is 0.408 e. The topological polar surface area (TPSA) is 66.7 Å². The molecule has 1 aliphatic heterocycles. The summed E-state index contributed by atoms with van der Waals surface area (Å²) < 4.78 is 41.7. The van der Waals surface area contributed by atoms with Crippen molar-refractivity contribution >= 4 is 17.5 Å². The van der Waals surface area contributed by atoms with Crippen LogP contribution in [0.1, 0.15) is 30.3 Å². The normalized spacial score (nSPS) is 21.4. The second kappa shape index (κ2) is 6.38. The summed E-state index contributed by atoms with van der Waals surface area (Å²) in [5.41, 5.74) is 0.581. The molecule has 2 amide bonds. The molecule has 0 spiro atoms. The third-order valence-electron chi connectivity index (χ3n) is 4.28. The van der Waals surface area contributed by atoms with Gasteiger partial charge in [-0.25, -0.2) is 4.98 Å². The van der Waals surface area contributed by atoms with E-state index in [2.05, 4.69) is 10.3 Å². The summed E-state index contributed by atoms with van der Waals surface area (Å²) in [6, 6.07) is 2.33. The molecule has 2 aromatic heterocycles. The molecule has 134 valence electrons. The minimum absolute atomic E-state index is 0.104. The van der Waals surface area contributed by atoms with Gasteiger partial charge in [0.05, 0.1) is 0 Å². The summed E-state index contributed by atoms with van der Waals surface area (Å²) >= 11 is 0. The van der Waals surface area contributed by atoms with Gasteiger partial charge in [-0.05, 0) is 25.0 Å². The van der Waals surface area contributed by atoms with Crippen LogP contribution < -0.4 is 5.32 Å². The van der Waals surface area contributed by atoms with Gasteiger partial charge in [-0.1, -0.05) is 6.07 Å². The van der Waals surface area contributed by atoms with E-state index in [1.807, 2.05) is 0 Å². The molecule has 0 aromatic carbocycles. The Kier molecular flexibility index (Phi) is 4.40. The first-order valence-electron chi connectivity index (χ1n) is 7.84. The third-order valence-corrected chi connectivity index (χ3v) is 4.28. The predicted molar refractivity (Wildman–Crippen MR) is 82.9 cm³/mol. The summed E-state index contributed by atoms with van der Waals surface area (Å²) in [6.45, 7) is 1.11. The maximum absolute atomic E-state index is 13.4. The van der Waals surface area contributed by atoms with E-state index in [4.69, 9.17) is 0 Å². The minimum atomic E-state index is -4.53. The molecule has 1 aliphatic rings. The van der Waals surface area contributed by atoms with Crippen LogP contribution in [0.5, 0.6) is 0 Å². The highest BCUT2D eigenvalue weighted by molar-refractivity contribution is 5.93. The number of imidazole rings is 1. The largest absolute Gasteiger partial charge is 0.408 e. The van der Waals surface area contributed by atoms with E-state index in [0.29, 0.717) is 5.65 Å². The van der Waals surface area contributed by atoms with Crippen LogP contribution in [0.2, 0.25) is 0 Å². The number of likely N-dealkylation sites (tertiary alicyclic amines) is 1. The monoisotopic (exact) mass is 354 g/mol. The van der Waals surface area contributed by atoms with Crippen LogP contribution in [0.15, 0.2) is 30.6 Å². The minimum Gasteiger partial charge on any atom is -0.352 e. The number of fused-ring (bicyclic) bond motifs is 1. The predicted octanol–water partition coefficient (Wildman–Crippen LogP) is 2.01. The van der Waals surface area contributed by atoms with Gasteiger partial charge in [-0.2, -0.15) is 13.2 Å². The molecule has 3 heterocycles. The number of nitrogens with one attached hydrogen (secondary N) is 1. The molecular formula is C16H17F3N4O2. The average Bonchev–Trinajstić information content (AvgIpc) is 3.01. The van der Waals surface area contributed by atoms with Crippen LogP contribution in [0.25, 0.3) is 5.65 Å². The van der Waals surface area contributed by atoms with Crippen molar-refractivity contribution in [3.05, 3.63) is 36.3 Å². The van der Waals surface area contributed by atoms with Crippen LogP contribution in [-0.2, 0) is 4.79 Å². The molecule has 0 bridgehead atoms. The maximum atomic E-state index is 13.4. The number of carbonyl (C=O) groups is 2. The first-order valence-corrected chi connectivity index (χ1v) is 7.84. The van der Waals surface area contributed by atoms with Crippen LogP contribution in [0, 0.1) is 0 Å². The lowest BCUT2D eigenvalue weighted by atomic mass is 9.97. The van der Waals surface area contributed by atoms with E-state index < -0.39 is 24.2 Å². The van der Waals surface area contributed by atoms with Gasteiger partial charge >= 0.3 is 6.18 Å². The number of rotatable bonds is 2. The van der Waals surface area contributed by atoms with Crippen molar-refractivity contribution in [3.63, 3.8) is 0 Å². The highest BCUT2D eigenvalue weighted by atomic mass is 19.4.